The highest BCUT2D eigenvalue weighted by atomic mass is 15.3. The molecule has 0 unspecified atom stereocenters. The second-order valence-corrected chi connectivity index (χ2v) is 7.03. The van der Waals surface area contributed by atoms with Crippen LogP contribution in [-0.2, 0) is 6.54 Å². The molecule has 5 rings (SSSR count). The van der Waals surface area contributed by atoms with E-state index in [0.717, 1.165) is 42.8 Å². The molecule has 4 aliphatic carbocycles. The quantitative estimate of drug-likeness (QED) is 0.824. The Morgan fingerprint density at radius 3 is 2.42 bits per heavy atom. The maximum absolute atomic E-state index is 4.26. The predicted octanol–water partition coefficient (Wildman–Crippen LogP) is 2.69. The van der Waals surface area contributed by atoms with Crippen LogP contribution in [0, 0.1) is 23.7 Å². The van der Waals surface area contributed by atoms with Gasteiger partial charge in [0.05, 0.1) is 0 Å². The van der Waals surface area contributed by atoms with E-state index >= 15 is 0 Å². The summed E-state index contributed by atoms with van der Waals surface area (Å²) in [6, 6.07) is 2.84. The number of nitrogens with one attached hydrogen (secondary N) is 1. The highest BCUT2D eigenvalue weighted by molar-refractivity contribution is 5.01. The van der Waals surface area contributed by atoms with Gasteiger partial charge in [0.1, 0.15) is 0 Å². The zero-order chi connectivity index (χ0) is 12.7. The van der Waals surface area contributed by atoms with Crippen molar-refractivity contribution in [3.63, 3.8) is 0 Å². The Morgan fingerprint density at radius 2 is 1.79 bits per heavy atom. The smallest absolute Gasteiger partial charge is 0.0489 e. The van der Waals surface area contributed by atoms with Gasteiger partial charge < -0.3 is 5.32 Å². The third kappa shape index (κ3) is 2.33. The number of nitrogens with zero attached hydrogens (tertiary/aromatic N) is 2. The van der Waals surface area contributed by atoms with Crippen LogP contribution in [0.4, 0.5) is 0 Å². The molecular formula is C16H25N3. The molecule has 4 fully saturated rings. The first-order chi connectivity index (χ1) is 9.38. The van der Waals surface area contributed by atoms with Gasteiger partial charge in [0.2, 0.25) is 0 Å². The van der Waals surface area contributed by atoms with Crippen molar-refractivity contribution < 1.29 is 0 Å². The van der Waals surface area contributed by atoms with E-state index in [9.17, 15) is 0 Å². The van der Waals surface area contributed by atoms with Crippen LogP contribution >= 0.6 is 0 Å². The summed E-state index contributed by atoms with van der Waals surface area (Å²) >= 11 is 0. The second kappa shape index (κ2) is 4.93. The molecule has 4 bridgehead atoms. The zero-order valence-electron chi connectivity index (χ0n) is 11.7. The summed E-state index contributed by atoms with van der Waals surface area (Å²) in [5.41, 5.74) is 0. The molecule has 104 valence electrons. The monoisotopic (exact) mass is 259 g/mol. The molecule has 3 nitrogen and oxygen atoms in total. The van der Waals surface area contributed by atoms with E-state index in [2.05, 4.69) is 16.6 Å². The molecular weight excluding hydrogens is 234 g/mol. The van der Waals surface area contributed by atoms with Crippen molar-refractivity contribution in [3.8, 4) is 0 Å². The van der Waals surface area contributed by atoms with Crippen molar-refractivity contribution in [1.29, 1.82) is 0 Å². The van der Waals surface area contributed by atoms with Gasteiger partial charge in [-0.25, -0.2) is 0 Å². The van der Waals surface area contributed by atoms with Crippen LogP contribution in [0.15, 0.2) is 18.5 Å². The Hall–Kier alpha value is -0.830. The zero-order valence-corrected chi connectivity index (χ0v) is 11.7. The summed E-state index contributed by atoms with van der Waals surface area (Å²) in [6.45, 7) is 2.21. The molecule has 1 aromatic rings. The summed E-state index contributed by atoms with van der Waals surface area (Å²) in [4.78, 5) is 0. The lowest BCUT2D eigenvalue weighted by Crippen LogP contribution is -2.54. The van der Waals surface area contributed by atoms with Crippen molar-refractivity contribution in [2.75, 3.05) is 6.54 Å². The Morgan fingerprint density at radius 1 is 1.05 bits per heavy atom. The maximum Gasteiger partial charge on any atom is 0.0489 e. The van der Waals surface area contributed by atoms with Gasteiger partial charge in [-0.3, -0.25) is 4.68 Å². The predicted molar refractivity (Wildman–Crippen MR) is 75.7 cm³/mol. The highest BCUT2D eigenvalue weighted by Gasteiger charge is 2.47. The van der Waals surface area contributed by atoms with Gasteiger partial charge >= 0.3 is 0 Å². The summed E-state index contributed by atoms with van der Waals surface area (Å²) in [7, 11) is 0. The topological polar surface area (TPSA) is 29.9 Å². The van der Waals surface area contributed by atoms with Gasteiger partial charge in [-0.1, -0.05) is 0 Å². The fourth-order valence-corrected chi connectivity index (χ4v) is 5.20. The third-order valence-electron chi connectivity index (χ3n) is 5.73. The molecule has 1 aromatic heterocycles. The minimum absolute atomic E-state index is 0.838. The molecule has 4 saturated carbocycles. The molecule has 0 saturated heterocycles. The van der Waals surface area contributed by atoms with Gasteiger partial charge in [0.25, 0.3) is 0 Å². The molecule has 1 heterocycles. The van der Waals surface area contributed by atoms with Gasteiger partial charge in [-0.2, -0.15) is 5.10 Å². The molecule has 19 heavy (non-hydrogen) atoms. The van der Waals surface area contributed by atoms with E-state index in [1.54, 1.807) is 6.42 Å². The first kappa shape index (κ1) is 12.0. The Balaban J connectivity index is 1.27. The van der Waals surface area contributed by atoms with Crippen LogP contribution in [0.2, 0.25) is 0 Å². The van der Waals surface area contributed by atoms with Gasteiger partial charge in [0, 0.05) is 25.0 Å². The first-order valence-electron chi connectivity index (χ1n) is 8.09. The SMILES string of the molecule is c1cnn(CCCNC2C3CC4CC(C3)CC2C4)c1. The number of hydrogen-bond acceptors (Lipinski definition) is 2. The van der Waals surface area contributed by atoms with E-state index in [4.69, 9.17) is 0 Å². The third-order valence-corrected chi connectivity index (χ3v) is 5.73. The number of rotatable bonds is 5. The van der Waals surface area contributed by atoms with E-state index in [-0.39, 0.29) is 0 Å². The fraction of sp³-hybridized carbons (Fsp3) is 0.812. The molecule has 1 N–H and O–H groups in total. The van der Waals surface area contributed by atoms with Crippen LogP contribution in [0.1, 0.15) is 38.5 Å². The molecule has 0 aliphatic heterocycles. The first-order valence-corrected chi connectivity index (χ1v) is 8.09. The molecule has 0 amide bonds. The molecule has 3 heteroatoms. The number of aryl methyl sites for hydroxylation is 1. The lowest BCUT2D eigenvalue weighted by Gasteiger charge is -2.54. The summed E-state index contributed by atoms with van der Waals surface area (Å²) in [5, 5.41) is 8.15. The van der Waals surface area contributed by atoms with Gasteiger partial charge in [0.15, 0.2) is 0 Å². The fourth-order valence-electron chi connectivity index (χ4n) is 5.20. The van der Waals surface area contributed by atoms with Crippen LogP contribution in [-0.4, -0.2) is 22.4 Å². The molecule has 0 atom stereocenters. The summed E-state index contributed by atoms with van der Waals surface area (Å²) in [5.74, 6) is 4.18. The lowest BCUT2D eigenvalue weighted by atomic mass is 9.54. The molecule has 0 spiro atoms. The van der Waals surface area contributed by atoms with Crippen molar-refractivity contribution >= 4 is 0 Å². The van der Waals surface area contributed by atoms with E-state index in [0.29, 0.717) is 0 Å². The largest absolute Gasteiger partial charge is 0.313 e. The van der Waals surface area contributed by atoms with E-state index < -0.39 is 0 Å². The number of aromatic nitrogens is 2. The van der Waals surface area contributed by atoms with E-state index in [1.807, 2.05) is 16.9 Å². The van der Waals surface area contributed by atoms with Crippen LogP contribution in [0.25, 0.3) is 0 Å². The van der Waals surface area contributed by atoms with Gasteiger partial charge in [-0.05, 0) is 74.8 Å². The number of hydrogen-bond donors (Lipinski definition) is 1. The second-order valence-electron chi connectivity index (χ2n) is 7.03. The van der Waals surface area contributed by atoms with Crippen LogP contribution < -0.4 is 5.32 Å². The minimum atomic E-state index is 0.838. The molecule has 0 aromatic carbocycles. The highest BCUT2D eigenvalue weighted by Crippen LogP contribution is 2.53. The average Bonchev–Trinajstić information content (AvgIpc) is 2.89. The Labute approximate surface area is 115 Å². The van der Waals surface area contributed by atoms with Crippen molar-refractivity contribution in [1.82, 2.24) is 15.1 Å². The van der Waals surface area contributed by atoms with Crippen molar-refractivity contribution in [2.45, 2.75) is 51.1 Å². The lowest BCUT2D eigenvalue weighted by molar-refractivity contribution is -0.0136. The Bertz CT molecular complexity index is 384. The van der Waals surface area contributed by atoms with Gasteiger partial charge in [-0.15, -0.1) is 0 Å². The van der Waals surface area contributed by atoms with E-state index in [1.165, 1.54) is 32.1 Å². The minimum Gasteiger partial charge on any atom is -0.313 e. The standard InChI is InChI=1S/C16H25N3/c1(5-19-6-2-4-18-19)3-17-16-14-8-12-7-13(10-14)11-15(16)9-12/h2,4,6,12-17H,1,3,5,7-11H2. The van der Waals surface area contributed by atoms with Crippen LogP contribution in [0.3, 0.4) is 0 Å². The average molecular weight is 259 g/mol. The molecule has 0 radical (unpaired) electrons. The molecule has 4 aliphatic rings. The summed E-state index contributed by atoms with van der Waals surface area (Å²) in [6.07, 6.45) is 12.7. The van der Waals surface area contributed by atoms with Crippen molar-refractivity contribution in [2.24, 2.45) is 23.7 Å². The van der Waals surface area contributed by atoms with Crippen molar-refractivity contribution in [3.05, 3.63) is 18.5 Å². The Kier molecular flexibility index (Phi) is 3.10. The summed E-state index contributed by atoms with van der Waals surface area (Å²) < 4.78 is 2.04. The normalized spacial score (nSPS) is 39.9. The maximum atomic E-state index is 4.26. The van der Waals surface area contributed by atoms with Crippen LogP contribution in [0.5, 0.6) is 0 Å².